The minimum absolute atomic E-state index is 0.350. The minimum Gasteiger partial charge on any atom is -0.465 e. The highest BCUT2D eigenvalue weighted by molar-refractivity contribution is 6.33. The van der Waals surface area contributed by atoms with Crippen molar-refractivity contribution in [2.24, 2.45) is 0 Å². The van der Waals surface area contributed by atoms with Crippen LogP contribution in [0.15, 0.2) is 18.2 Å². The predicted octanol–water partition coefficient (Wildman–Crippen LogP) is 2.63. The van der Waals surface area contributed by atoms with Gasteiger partial charge in [-0.2, -0.15) is 0 Å². The highest BCUT2D eigenvalue weighted by Crippen LogP contribution is 2.27. The average molecular weight is 283 g/mol. The topological polar surface area (TPSA) is 41.6 Å². The third-order valence-electron chi connectivity index (χ3n) is 3.63. The zero-order valence-corrected chi connectivity index (χ0v) is 12.2. The van der Waals surface area contributed by atoms with Crippen molar-refractivity contribution in [1.29, 1.82) is 0 Å². The summed E-state index contributed by atoms with van der Waals surface area (Å²) in [7, 11) is 3.48. The zero-order chi connectivity index (χ0) is 14.0. The molecule has 1 heterocycles. The lowest BCUT2D eigenvalue weighted by molar-refractivity contribution is 0.0601. The first-order chi connectivity index (χ1) is 9.01. The van der Waals surface area contributed by atoms with Gasteiger partial charge in [0.25, 0.3) is 0 Å². The third kappa shape index (κ3) is 3.19. The van der Waals surface area contributed by atoms with Crippen LogP contribution < -0.4 is 5.32 Å². The number of carbonyl (C=O) groups is 1. The van der Waals surface area contributed by atoms with Crippen LogP contribution in [-0.2, 0) is 4.74 Å². The van der Waals surface area contributed by atoms with Gasteiger partial charge in [0, 0.05) is 18.6 Å². The van der Waals surface area contributed by atoms with Crippen molar-refractivity contribution in [1.82, 2.24) is 4.90 Å². The van der Waals surface area contributed by atoms with Crippen LogP contribution in [0.5, 0.6) is 0 Å². The first-order valence-electron chi connectivity index (χ1n) is 6.36. The Balaban J connectivity index is 2.13. The molecule has 0 saturated carbocycles. The molecule has 1 saturated heterocycles. The number of rotatable bonds is 3. The lowest BCUT2D eigenvalue weighted by Gasteiger charge is -2.16. The molecular formula is C14H19ClN2O2. The number of likely N-dealkylation sites (tertiary alicyclic amines) is 1. The number of methoxy groups -OCH3 is 1. The lowest BCUT2D eigenvalue weighted by Crippen LogP contribution is -2.25. The summed E-state index contributed by atoms with van der Waals surface area (Å²) in [6.45, 7) is 3.17. The van der Waals surface area contributed by atoms with Crippen molar-refractivity contribution in [2.75, 3.05) is 26.0 Å². The molecule has 2 unspecified atom stereocenters. The summed E-state index contributed by atoms with van der Waals surface area (Å²) in [6.07, 6.45) is 1.06. The zero-order valence-electron chi connectivity index (χ0n) is 11.4. The van der Waals surface area contributed by atoms with Gasteiger partial charge in [0.2, 0.25) is 0 Å². The molecule has 0 amide bonds. The summed E-state index contributed by atoms with van der Waals surface area (Å²) in [6, 6.07) is 6.04. The molecule has 0 spiro atoms. The molecule has 2 atom stereocenters. The fourth-order valence-corrected chi connectivity index (χ4v) is 2.57. The second-order valence-corrected chi connectivity index (χ2v) is 5.46. The number of ether oxygens (including phenoxy) is 1. The summed E-state index contributed by atoms with van der Waals surface area (Å²) in [5, 5.41) is 4.03. The van der Waals surface area contributed by atoms with Crippen LogP contribution in [0.3, 0.4) is 0 Å². The van der Waals surface area contributed by atoms with Crippen molar-refractivity contribution >= 4 is 23.3 Å². The first-order valence-corrected chi connectivity index (χ1v) is 6.73. The number of anilines is 1. The second-order valence-electron chi connectivity index (χ2n) is 5.05. The predicted molar refractivity (Wildman–Crippen MR) is 76.9 cm³/mol. The van der Waals surface area contributed by atoms with Gasteiger partial charge in [-0.25, -0.2) is 4.79 Å². The van der Waals surface area contributed by atoms with E-state index in [-0.39, 0.29) is 5.97 Å². The average Bonchev–Trinajstić information content (AvgIpc) is 2.70. The normalized spacial score (nSPS) is 23.4. The number of nitrogens with one attached hydrogen (secondary N) is 1. The van der Waals surface area contributed by atoms with E-state index in [9.17, 15) is 4.79 Å². The number of halogens is 1. The van der Waals surface area contributed by atoms with Crippen LogP contribution >= 0.6 is 11.6 Å². The Hall–Kier alpha value is -1.26. The van der Waals surface area contributed by atoms with Gasteiger partial charge in [0.15, 0.2) is 0 Å². The van der Waals surface area contributed by atoms with Gasteiger partial charge in [0.05, 0.1) is 23.4 Å². The summed E-state index contributed by atoms with van der Waals surface area (Å²) in [4.78, 5) is 13.8. The van der Waals surface area contributed by atoms with Crippen molar-refractivity contribution in [3.63, 3.8) is 0 Å². The van der Waals surface area contributed by atoms with E-state index in [1.165, 1.54) is 7.11 Å². The van der Waals surface area contributed by atoms with Crippen LogP contribution in [0.2, 0.25) is 5.02 Å². The van der Waals surface area contributed by atoms with Crippen molar-refractivity contribution in [3.8, 4) is 0 Å². The maximum absolute atomic E-state index is 11.5. The standard InChI is InChI=1S/C14H19ClN2O2/c1-9-6-11(8-17(9)2)16-13-7-10(14(18)19-3)4-5-12(13)15/h4-5,7,9,11,16H,6,8H2,1-3H3. The number of carbonyl (C=O) groups excluding carboxylic acids is 1. The van der Waals surface area contributed by atoms with E-state index in [1.807, 2.05) is 0 Å². The number of hydrogen-bond donors (Lipinski definition) is 1. The van der Waals surface area contributed by atoms with Crippen LogP contribution in [-0.4, -0.2) is 43.7 Å². The van der Waals surface area contributed by atoms with E-state index in [1.54, 1.807) is 18.2 Å². The molecule has 0 aliphatic carbocycles. The van der Waals surface area contributed by atoms with Crippen molar-refractivity contribution < 1.29 is 9.53 Å². The van der Waals surface area contributed by atoms with Crippen LogP contribution in [0, 0.1) is 0 Å². The molecule has 1 aromatic rings. The quantitative estimate of drug-likeness (QED) is 0.866. The Morgan fingerprint density at radius 2 is 2.26 bits per heavy atom. The van der Waals surface area contributed by atoms with Gasteiger partial charge in [0.1, 0.15) is 0 Å². The molecule has 1 fully saturated rings. The molecule has 4 nitrogen and oxygen atoms in total. The van der Waals surface area contributed by atoms with E-state index < -0.39 is 0 Å². The second kappa shape index (κ2) is 5.80. The van der Waals surface area contributed by atoms with E-state index in [4.69, 9.17) is 16.3 Å². The van der Waals surface area contributed by atoms with Gasteiger partial charge < -0.3 is 15.0 Å². The molecule has 104 valence electrons. The first kappa shape index (κ1) is 14.2. The highest BCUT2D eigenvalue weighted by Gasteiger charge is 2.26. The molecular weight excluding hydrogens is 264 g/mol. The molecule has 0 aromatic heterocycles. The molecule has 0 radical (unpaired) electrons. The Bertz CT molecular complexity index is 469. The molecule has 1 aliphatic heterocycles. The molecule has 2 rings (SSSR count). The fraction of sp³-hybridized carbons (Fsp3) is 0.500. The molecule has 0 bridgehead atoms. The number of nitrogens with zero attached hydrogens (tertiary/aromatic N) is 1. The van der Waals surface area contributed by atoms with Crippen LogP contribution in [0.4, 0.5) is 5.69 Å². The number of esters is 1. The van der Waals surface area contributed by atoms with Gasteiger partial charge >= 0.3 is 5.97 Å². The summed E-state index contributed by atoms with van der Waals surface area (Å²) in [5.74, 6) is -0.350. The smallest absolute Gasteiger partial charge is 0.337 e. The maximum atomic E-state index is 11.5. The molecule has 1 aromatic carbocycles. The molecule has 5 heteroatoms. The fourth-order valence-electron chi connectivity index (χ4n) is 2.40. The Kier molecular flexibility index (Phi) is 4.32. The Morgan fingerprint density at radius 1 is 1.53 bits per heavy atom. The number of benzene rings is 1. The highest BCUT2D eigenvalue weighted by atomic mass is 35.5. The van der Waals surface area contributed by atoms with Crippen molar-refractivity contribution in [3.05, 3.63) is 28.8 Å². The van der Waals surface area contributed by atoms with Crippen LogP contribution in [0.1, 0.15) is 23.7 Å². The Morgan fingerprint density at radius 3 is 2.84 bits per heavy atom. The monoisotopic (exact) mass is 282 g/mol. The summed E-state index contributed by atoms with van der Waals surface area (Å²) < 4.78 is 4.72. The van der Waals surface area contributed by atoms with Gasteiger partial charge in [-0.1, -0.05) is 11.6 Å². The van der Waals surface area contributed by atoms with Gasteiger partial charge in [-0.3, -0.25) is 0 Å². The number of likely N-dealkylation sites (N-methyl/N-ethyl adjacent to an activating group) is 1. The van der Waals surface area contributed by atoms with E-state index in [0.29, 0.717) is 22.7 Å². The SMILES string of the molecule is COC(=O)c1ccc(Cl)c(NC2CC(C)N(C)C2)c1. The minimum atomic E-state index is -0.350. The van der Waals surface area contributed by atoms with Gasteiger partial charge in [-0.05, 0) is 38.6 Å². The van der Waals surface area contributed by atoms with E-state index >= 15 is 0 Å². The number of hydrogen-bond acceptors (Lipinski definition) is 4. The molecule has 19 heavy (non-hydrogen) atoms. The molecule has 1 aliphatic rings. The van der Waals surface area contributed by atoms with Crippen molar-refractivity contribution in [2.45, 2.75) is 25.4 Å². The van der Waals surface area contributed by atoms with Crippen LogP contribution in [0.25, 0.3) is 0 Å². The summed E-state index contributed by atoms with van der Waals surface area (Å²) in [5.41, 5.74) is 1.30. The Labute approximate surface area is 118 Å². The maximum Gasteiger partial charge on any atom is 0.337 e. The summed E-state index contributed by atoms with van der Waals surface area (Å²) >= 11 is 6.17. The van der Waals surface area contributed by atoms with Gasteiger partial charge in [-0.15, -0.1) is 0 Å². The van der Waals surface area contributed by atoms with E-state index in [2.05, 4.69) is 24.2 Å². The third-order valence-corrected chi connectivity index (χ3v) is 3.96. The molecule has 1 N–H and O–H groups in total. The lowest BCUT2D eigenvalue weighted by atomic mass is 10.1. The van der Waals surface area contributed by atoms with E-state index in [0.717, 1.165) is 18.7 Å². The largest absolute Gasteiger partial charge is 0.465 e.